The fraction of sp³-hybridized carbons (Fsp3) is 0.647. The predicted octanol–water partition coefficient (Wildman–Crippen LogP) is 4.53. The normalized spacial score (nSPS) is 17.0. The van der Waals surface area contributed by atoms with Crippen LogP contribution in [0.1, 0.15) is 44.6 Å². The highest BCUT2D eigenvalue weighted by molar-refractivity contribution is 9.10. The van der Waals surface area contributed by atoms with Crippen molar-refractivity contribution in [3.63, 3.8) is 0 Å². The molecule has 0 atom stereocenters. The molecular weight excluding hydrogens is 330 g/mol. The number of halogens is 1. The Balaban J connectivity index is 1.98. The molecule has 1 aromatic carbocycles. The lowest BCUT2D eigenvalue weighted by Crippen LogP contribution is -2.31. The van der Waals surface area contributed by atoms with Crippen molar-refractivity contribution in [2.24, 2.45) is 5.41 Å². The smallest absolute Gasteiger partial charge is 0.174 e. The van der Waals surface area contributed by atoms with Gasteiger partial charge in [-0.15, -0.1) is 0 Å². The number of hydrogen-bond donors (Lipinski definition) is 1. The van der Waals surface area contributed by atoms with Crippen molar-refractivity contribution >= 4 is 15.9 Å². The number of rotatable bonds is 7. The van der Waals surface area contributed by atoms with Gasteiger partial charge in [0.05, 0.1) is 18.7 Å². The highest BCUT2D eigenvalue weighted by Gasteiger charge is 2.31. The molecule has 21 heavy (non-hydrogen) atoms. The molecule has 1 saturated carbocycles. The van der Waals surface area contributed by atoms with E-state index in [0.717, 1.165) is 29.1 Å². The van der Waals surface area contributed by atoms with E-state index in [1.807, 2.05) is 6.07 Å². The van der Waals surface area contributed by atoms with Crippen molar-refractivity contribution < 1.29 is 9.47 Å². The number of nitrogens with one attached hydrogen (secondary N) is 1. The van der Waals surface area contributed by atoms with Crippen LogP contribution < -0.4 is 14.8 Å². The summed E-state index contributed by atoms with van der Waals surface area (Å²) in [6.07, 6.45) is 6.78. The lowest BCUT2D eigenvalue weighted by atomic mass is 9.83. The van der Waals surface area contributed by atoms with Crippen LogP contribution in [0.2, 0.25) is 0 Å². The minimum absolute atomic E-state index is 0.522. The Morgan fingerprint density at radius 1 is 1.19 bits per heavy atom. The highest BCUT2D eigenvalue weighted by atomic mass is 79.9. The van der Waals surface area contributed by atoms with Gasteiger partial charge in [-0.3, -0.25) is 0 Å². The van der Waals surface area contributed by atoms with Crippen LogP contribution in [0.15, 0.2) is 16.6 Å². The van der Waals surface area contributed by atoms with E-state index >= 15 is 0 Å². The molecule has 3 nitrogen and oxygen atoms in total. The molecule has 0 spiro atoms. The third-order valence-corrected chi connectivity index (χ3v) is 5.33. The summed E-state index contributed by atoms with van der Waals surface area (Å²) in [5.74, 6) is 1.52. The Bertz CT molecular complexity index is 470. The molecule has 0 heterocycles. The summed E-state index contributed by atoms with van der Waals surface area (Å²) in [5, 5.41) is 3.63. The van der Waals surface area contributed by atoms with Gasteiger partial charge in [0, 0.05) is 13.1 Å². The van der Waals surface area contributed by atoms with Crippen LogP contribution in [0, 0.1) is 5.41 Å². The largest absolute Gasteiger partial charge is 0.493 e. The van der Waals surface area contributed by atoms with Gasteiger partial charge in [-0.25, -0.2) is 0 Å². The zero-order valence-electron chi connectivity index (χ0n) is 13.3. The van der Waals surface area contributed by atoms with Gasteiger partial charge in [0.25, 0.3) is 0 Å². The second-order valence-electron chi connectivity index (χ2n) is 5.98. The van der Waals surface area contributed by atoms with E-state index in [4.69, 9.17) is 9.47 Å². The van der Waals surface area contributed by atoms with Crippen LogP contribution >= 0.6 is 15.9 Å². The van der Waals surface area contributed by atoms with Crippen LogP contribution in [0.5, 0.6) is 11.5 Å². The van der Waals surface area contributed by atoms with Crippen LogP contribution in [-0.4, -0.2) is 20.8 Å². The van der Waals surface area contributed by atoms with Crippen LogP contribution in [0.3, 0.4) is 0 Å². The first-order chi connectivity index (χ1) is 10.1. The first kappa shape index (κ1) is 16.6. The van der Waals surface area contributed by atoms with E-state index in [2.05, 4.69) is 34.2 Å². The standard InChI is InChI=1S/C17H26BrNO2/c1-4-17(7-5-6-8-17)12-19-11-13-9-14(18)16(21-3)15(10-13)20-2/h9-10,19H,4-8,11-12H2,1-3H3. The SMILES string of the molecule is CCC1(CNCc2cc(Br)c(OC)c(OC)c2)CCCC1. The maximum Gasteiger partial charge on any atom is 0.174 e. The van der Waals surface area contributed by atoms with Gasteiger partial charge < -0.3 is 14.8 Å². The molecule has 0 amide bonds. The second-order valence-corrected chi connectivity index (χ2v) is 6.83. The zero-order valence-corrected chi connectivity index (χ0v) is 14.9. The monoisotopic (exact) mass is 355 g/mol. The lowest BCUT2D eigenvalue weighted by molar-refractivity contribution is 0.268. The predicted molar refractivity (Wildman–Crippen MR) is 90.1 cm³/mol. The average molecular weight is 356 g/mol. The third kappa shape index (κ3) is 3.92. The molecule has 1 fully saturated rings. The molecular formula is C17H26BrNO2. The fourth-order valence-corrected chi connectivity index (χ4v) is 3.98. The number of benzene rings is 1. The highest BCUT2D eigenvalue weighted by Crippen LogP contribution is 2.40. The first-order valence-corrected chi connectivity index (χ1v) is 8.54. The van der Waals surface area contributed by atoms with E-state index in [-0.39, 0.29) is 0 Å². The summed E-state index contributed by atoms with van der Waals surface area (Å²) < 4.78 is 11.7. The fourth-order valence-electron chi connectivity index (χ4n) is 3.33. The molecule has 118 valence electrons. The molecule has 2 rings (SSSR count). The molecule has 0 unspecified atom stereocenters. The van der Waals surface area contributed by atoms with Crippen molar-refractivity contribution in [2.45, 2.75) is 45.6 Å². The summed E-state index contributed by atoms with van der Waals surface area (Å²) in [6, 6.07) is 4.14. The molecule has 0 saturated heterocycles. The van der Waals surface area contributed by atoms with Crippen molar-refractivity contribution in [3.8, 4) is 11.5 Å². The Morgan fingerprint density at radius 2 is 1.90 bits per heavy atom. The number of methoxy groups -OCH3 is 2. The lowest BCUT2D eigenvalue weighted by Gasteiger charge is -2.28. The summed E-state index contributed by atoms with van der Waals surface area (Å²) in [7, 11) is 3.33. The molecule has 0 aliphatic heterocycles. The Hall–Kier alpha value is -0.740. The van der Waals surface area contributed by atoms with Gasteiger partial charge >= 0.3 is 0 Å². The van der Waals surface area contributed by atoms with Crippen molar-refractivity contribution in [2.75, 3.05) is 20.8 Å². The van der Waals surface area contributed by atoms with Crippen LogP contribution in [0.25, 0.3) is 0 Å². The summed E-state index contributed by atoms with van der Waals surface area (Å²) in [5.41, 5.74) is 1.73. The van der Waals surface area contributed by atoms with Gasteiger partial charge in [0.2, 0.25) is 0 Å². The maximum atomic E-state index is 5.40. The molecule has 4 heteroatoms. The van der Waals surface area contributed by atoms with Gasteiger partial charge in [0.15, 0.2) is 11.5 Å². The van der Waals surface area contributed by atoms with Crippen LogP contribution in [-0.2, 0) is 6.54 Å². The Morgan fingerprint density at radius 3 is 2.48 bits per heavy atom. The summed E-state index contributed by atoms with van der Waals surface area (Å²) >= 11 is 3.55. The van der Waals surface area contributed by atoms with Gasteiger partial charge in [-0.1, -0.05) is 19.8 Å². The van der Waals surface area contributed by atoms with E-state index in [1.54, 1.807) is 14.2 Å². The molecule has 0 aromatic heterocycles. The molecule has 1 N–H and O–H groups in total. The molecule has 0 bridgehead atoms. The van der Waals surface area contributed by atoms with Crippen LogP contribution in [0.4, 0.5) is 0 Å². The Kier molecular flexibility index (Phi) is 5.94. The number of ether oxygens (including phenoxy) is 2. The topological polar surface area (TPSA) is 30.5 Å². The van der Waals surface area contributed by atoms with E-state index in [1.165, 1.54) is 37.7 Å². The third-order valence-electron chi connectivity index (χ3n) is 4.74. The summed E-state index contributed by atoms with van der Waals surface area (Å²) in [4.78, 5) is 0. The van der Waals surface area contributed by atoms with Gasteiger partial charge in [-0.05, 0) is 58.3 Å². The first-order valence-electron chi connectivity index (χ1n) is 7.75. The quantitative estimate of drug-likeness (QED) is 0.779. The van der Waals surface area contributed by atoms with Crippen molar-refractivity contribution in [1.29, 1.82) is 0 Å². The van der Waals surface area contributed by atoms with E-state index < -0.39 is 0 Å². The average Bonchev–Trinajstić information content (AvgIpc) is 2.96. The molecule has 1 aliphatic carbocycles. The molecule has 0 radical (unpaired) electrons. The Labute approximate surface area is 136 Å². The van der Waals surface area contributed by atoms with Crippen molar-refractivity contribution in [1.82, 2.24) is 5.32 Å². The zero-order chi connectivity index (χ0) is 15.3. The van der Waals surface area contributed by atoms with Gasteiger partial charge in [-0.2, -0.15) is 0 Å². The molecule has 1 aliphatic rings. The van der Waals surface area contributed by atoms with Gasteiger partial charge in [0.1, 0.15) is 0 Å². The minimum atomic E-state index is 0.522. The second kappa shape index (κ2) is 7.50. The summed E-state index contributed by atoms with van der Waals surface area (Å²) in [6.45, 7) is 4.29. The van der Waals surface area contributed by atoms with Crippen molar-refractivity contribution in [3.05, 3.63) is 22.2 Å². The minimum Gasteiger partial charge on any atom is -0.493 e. The molecule has 1 aromatic rings. The van der Waals surface area contributed by atoms with E-state index in [9.17, 15) is 0 Å². The number of hydrogen-bond acceptors (Lipinski definition) is 3. The maximum absolute atomic E-state index is 5.40. The van der Waals surface area contributed by atoms with E-state index in [0.29, 0.717) is 5.41 Å².